The van der Waals surface area contributed by atoms with Gasteiger partial charge >= 0.3 is 0 Å². The van der Waals surface area contributed by atoms with Gasteiger partial charge in [0, 0.05) is 18.8 Å². The maximum Gasteiger partial charge on any atom is 0.253 e. The predicted molar refractivity (Wildman–Crippen MR) is 121 cm³/mol. The maximum absolute atomic E-state index is 13.0. The molecule has 3 N–H and O–H groups in total. The molecule has 0 aliphatic heterocycles. The smallest absolute Gasteiger partial charge is 0.253 e. The summed E-state index contributed by atoms with van der Waals surface area (Å²) in [7, 11) is 0. The maximum atomic E-state index is 13.0. The van der Waals surface area contributed by atoms with E-state index in [-0.39, 0.29) is 24.5 Å². The molecule has 0 spiro atoms. The molecule has 4 aromatic rings. The first kappa shape index (κ1) is 21.9. The van der Waals surface area contributed by atoms with Crippen LogP contribution in [0.2, 0.25) is 0 Å². The van der Waals surface area contributed by atoms with Crippen LogP contribution in [0.25, 0.3) is 11.0 Å². The molecule has 2 aromatic carbocycles. The number of aromatic amines is 1. The zero-order chi connectivity index (χ0) is 23.4. The highest BCUT2D eigenvalue weighted by Crippen LogP contribution is 2.15. The predicted octanol–water partition coefficient (Wildman–Crippen LogP) is 2.67. The Hall–Kier alpha value is -4.27. The van der Waals surface area contributed by atoms with E-state index in [9.17, 15) is 18.8 Å². The number of nitrogens with zero attached hydrogens (tertiary/aromatic N) is 2. The summed E-state index contributed by atoms with van der Waals surface area (Å²) in [4.78, 5) is 44.8. The second kappa shape index (κ2) is 9.47. The third-order valence-electron chi connectivity index (χ3n) is 5.12. The molecule has 0 saturated heterocycles. The largest absolute Gasteiger partial charge is 0.348 e. The first-order valence-corrected chi connectivity index (χ1v) is 10.4. The van der Waals surface area contributed by atoms with Gasteiger partial charge in [-0.1, -0.05) is 24.3 Å². The summed E-state index contributed by atoms with van der Waals surface area (Å²) in [5.41, 5.74) is 2.22. The number of pyridine rings is 1. The molecule has 9 heteroatoms. The van der Waals surface area contributed by atoms with E-state index in [4.69, 9.17) is 0 Å². The van der Waals surface area contributed by atoms with Crippen LogP contribution in [-0.4, -0.2) is 26.3 Å². The van der Waals surface area contributed by atoms with E-state index in [0.717, 1.165) is 16.6 Å². The van der Waals surface area contributed by atoms with E-state index >= 15 is 0 Å². The van der Waals surface area contributed by atoms with Crippen molar-refractivity contribution >= 4 is 22.8 Å². The summed E-state index contributed by atoms with van der Waals surface area (Å²) in [6, 6.07) is 15.5. The van der Waals surface area contributed by atoms with Crippen molar-refractivity contribution in [3.63, 3.8) is 0 Å². The summed E-state index contributed by atoms with van der Waals surface area (Å²) in [6.45, 7) is 1.74. The van der Waals surface area contributed by atoms with Gasteiger partial charge in [0.05, 0.1) is 22.6 Å². The lowest BCUT2D eigenvalue weighted by Gasteiger charge is -2.13. The number of aromatic nitrogens is 3. The average molecular weight is 447 g/mol. The number of benzene rings is 2. The number of rotatable bonds is 7. The molecule has 1 atom stereocenters. The molecule has 0 saturated carbocycles. The number of imidazole rings is 1. The number of carbonyl (C=O) groups excluding carboxylic acids is 2. The van der Waals surface area contributed by atoms with Crippen molar-refractivity contribution in [2.24, 2.45) is 0 Å². The summed E-state index contributed by atoms with van der Waals surface area (Å²) in [5.74, 6) is -0.561. The van der Waals surface area contributed by atoms with Crippen LogP contribution in [0.3, 0.4) is 0 Å². The van der Waals surface area contributed by atoms with Gasteiger partial charge in [0.15, 0.2) is 0 Å². The molecule has 2 amide bonds. The van der Waals surface area contributed by atoms with Crippen molar-refractivity contribution in [1.29, 1.82) is 0 Å². The molecule has 168 valence electrons. The Labute approximate surface area is 188 Å². The second-order valence-corrected chi connectivity index (χ2v) is 7.62. The molecular weight excluding hydrogens is 425 g/mol. The number of fused-ring (bicyclic) bond motifs is 1. The highest BCUT2D eigenvalue weighted by molar-refractivity contribution is 5.93. The monoisotopic (exact) mass is 447 g/mol. The van der Waals surface area contributed by atoms with E-state index in [2.05, 4.69) is 20.6 Å². The van der Waals surface area contributed by atoms with Crippen LogP contribution in [0, 0.1) is 5.82 Å². The highest BCUT2D eigenvalue weighted by atomic mass is 19.1. The summed E-state index contributed by atoms with van der Waals surface area (Å²) < 4.78 is 14.2. The van der Waals surface area contributed by atoms with Crippen molar-refractivity contribution < 1.29 is 14.0 Å². The molecule has 0 bridgehead atoms. The Morgan fingerprint density at radius 3 is 2.61 bits per heavy atom. The van der Waals surface area contributed by atoms with Crippen LogP contribution < -0.4 is 16.2 Å². The molecule has 0 unspecified atom stereocenters. The third-order valence-corrected chi connectivity index (χ3v) is 5.12. The SMILES string of the molecule is C[C@H](NC(=O)Cn1cc(C(=O)NCc2ccc(F)cc2)ccc1=O)c1nc2ccccc2[nH]1. The van der Waals surface area contributed by atoms with E-state index in [1.165, 1.54) is 35.0 Å². The van der Waals surface area contributed by atoms with Gasteiger partial charge in [0.1, 0.15) is 18.2 Å². The van der Waals surface area contributed by atoms with Gasteiger partial charge in [-0.3, -0.25) is 14.4 Å². The first-order chi connectivity index (χ1) is 15.9. The van der Waals surface area contributed by atoms with Crippen molar-refractivity contribution in [1.82, 2.24) is 25.2 Å². The average Bonchev–Trinajstić information content (AvgIpc) is 3.24. The number of hydrogen-bond donors (Lipinski definition) is 3. The molecule has 2 aromatic heterocycles. The lowest BCUT2D eigenvalue weighted by atomic mass is 10.2. The molecular formula is C24H22FN5O3. The van der Waals surface area contributed by atoms with Crippen LogP contribution in [0.4, 0.5) is 4.39 Å². The minimum Gasteiger partial charge on any atom is -0.348 e. The van der Waals surface area contributed by atoms with Gasteiger partial charge in [-0.2, -0.15) is 0 Å². The Balaban J connectivity index is 1.39. The standard InChI is InChI=1S/C24H22FN5O3/c1-15(23-28-19-4-2-3-5-20(19)29-23)27-21(31)14-30-13-17(8-11-22(30)32)24(33)26-12-16-6-9-18(25)10-7-16/h2-11,13,15H,12,14H2,1H3,(H,26,33)(H,27,31)(H,28,29)/t15-/m0/s1. The minimum absolute atomic E-state index is 0.202. The molecule has 0 aliphatic rings. The number of halogens is 1. The lowest BCUT2D eigenvalue weighted by Crippen LogP contribution is -2.34. The van der Waals surface area contributed by atoms with Crippen molar-refractivity contribution in [3.8, 4) is 0 Å². The van der Waals surface area contributed by atoms with Gasteiger partial charge in [-0.15, -0.1) is 0 Å². The minimum atomic E-state index is -0.413. The first-order valence-electron chi connectivity index (χ1n) is 10.4. The van der Waals surface area contributed by atoms with Crippen LogP contribution in [0.5, 0.6) is 0 Å². The van der Waals surface area contributed by atoms with Gasteiger partial charge < -0.3 is 20.2 Å². The molecule has 33 heavy (non-hydrogen) atoms. The number of amides is 2. The van der Waals surface area contributed by atoms with Crippen molar-refractivity contribution in [3.05, 3.63) is 100.0 Å². The number of nitrogens with one attached hydrogen (secondary N) is 3. The molecule has 0 radical (unpaired) electrons. The molecule has 0 fully saturated rings. The van der Waals surface area contributed by atoms with Crippen molar-refractivity contribution in [2.45, 2.75) is 26.1 Å². The fraction of sp³-hybridized carbons (Fsp3) is 0.167. The van der Waals surface area contributed by atoms with Gasteiger partial charge in [-0.05, 0) is 42.8 Å². The lowest BCUT2D eigenvalue weighted by molar-refractivity contribution is -0.122. The zero-order valence-corrected chi connectivity index (χ0v) is 17.8. The highest BCUT2D eigenvalue weighted by Gasteiger charge is 2.15. The zero-order valence-electron chi connectivity index (χ0n) is 17.8. The van der Waals surface area contributed by atoms with Crippen LogP contribution in [0.1, 0.15) is 34.7 Å². The Morgan fingerprint density at radius 1 is 1.09 bits per heavy atom. The van der Waals surface area contributed by atoms with Gasteiger partial charge in [0.2, 0.25) is 5.91 Å². The normalized spacial score (nSPS) is 11.8. The molecule has 4 rings (SSSR count). The third kappa shape index (κ3) is 5.32. The van der Waals surface area contributed by atoms with E-state index in [0.29, 0.717) is 5.82 Å². The summed E-state index contributed by atoms with van der Waals surface area (Å²) in [6.07, 6.45) is 1.34. The van der Waals surface area contributed by atoms with Crippen molar-refractivity contribution in [2.75, 3.05) is 0 Å². The van der Waals surface area contributed by atoms with Crippen LogP contribution in [0.15, 0.2) is 71.7 Å². The molecule has 2 heterocycles. The quantitative estimate of drug-likeness (QED) is 0.405. The van der Waals surface area contributed by atoms with E-state index in [1.54, 1.807) is 19.1 Å². The Kier molecular flexibility index (Phi) is 6.30. The number of hydrogen-bond acceptors (Lipinski definition) is 4. The van der Waals surface area contributed by atoms with Crippen LogP contribution >= 0.6 is 0 Å². The number of para-hydroxylation sites is 2. The Bertz CT molecular complexity index is 1330. The van der Waals surface area contributed by atoms with E-state index in [1.807, 2.05) is 24.3 Å². The van der Waals surface area contributed by atoms with Gasteiger partial charge in [0.25, 0.3) is 11.5 Å². The van der Waals surface area contributed by atoms with E-state index < -0.39 is 23.4 Å². The Morgan fingerprint density at radius 2 is 1.85 bits per heavy atom. The topological polar surface area (TPSA) is 109 Å². The van der Waals surface area contributed by atoms with Gasteiger partial charge in [-0.25, -0.2) is 9.37 Å². The molecule has 0 aliphatic carbocycles. The second-order valence-electron chi connectivity index (χ2n) is 7.62. The summed E-state index contributed by atoms with van der Waals surface area (Å²) in [5, 5.41) is 5.52. The fourth-order valence-electron chi connectivity index (χ4n) is 3.36. The number of H-pyrrole nitrogens is 1. The summed E-state index contributed by atoms with van der Waals surface area (Å²) >= 11 is 0. The molecule has 8 nitrogen and oxygen atoms in total. The number of carbonyl (C=O) groups is 2. The van der Waals surface area contributed by atoms with Crippen LogP contribution in [-0.2, 0) is 17.9 Å². The fourth-order valence-corrected chi connectivity index (χ4v) is 3.36.